The van der Waals surface area contributed by atoms with E-state index in [1.807, 2.05) is 50.4 Å². The van der Waals surface area contributed by atoms with Gasteiger partial charge in [0, 0.05) is 25.6 Å². The number of fused-ring (bicyclic) bond motifs is 4. The van der Waals surface area contributed by atoms with Crippen molar-refractivity contribution < 1.29 is 23.7 Å². The zero-order valence-electron chi connectivity index (χ0n) is 22.4. The summed E-state index contributed by atoms with van der Waals surface area (Å²) >= 11 is 0. The Kier molecular flexibility index (Phi) is 8.41. The van der Waals surface area contributed by atoms with Crippen LogP contribution in [0.15, 0.2) is 49.1 Å². The highest BCUT2D eigenvalue weighted by Crippen LogP contribution is 2.17. The molecule has 3 N–H and O–H groups in total. The third-order valence-corrected chi connectivity index (χ3v) is 6.83. The molecular weight excluding hydrogens is 484 g/mol. The molecule has 0 saturated carbocycles. The topological polar surface area (TPSA) is 117 Å². The maximum atomic E-state index is 13.1. The van der Waals surface area contributed by atoms with E-state index in [1.54, 1.807) is 24.7 Å². The minimum atomic E-state index is -0.784. The molecule has 10 heteroatoms. The molecule has 1 fully saturated rings. The molecule has 1 aromatic heterocycles. The third kappa shape index (κ3) is 6.36. The maximum absolute atomic E-state index is 13.1. The van der Waals surface area contributed by atoms with E-state index in [0.717, 1.165) is 16.5 Å². The summed E-state index contributed by atoms with van der Waals surface area (Å²) in [7, 11) is 0. The van der Waals surface area contributed by atoms with Gasteiger partial charge in [-0.15, -0.1) is 0 Å². The van der Waals surface area contributed by atoms with Crippen LogP contribution >= 0.6 is 0 Å². The van der Waals surface area contributed by atoms with Gasteiger partial charge in [-0.1, -0.05) is 38.6 Å². The first kappa shape index (κ1) is 27.3. The number of ether oxygens (including phenoxy) is 1. The van der Waals surface area contributed by atoms with Crippen LogP contribution in [0.25, 0.3) is 17.0 Å². The number of benzene rings is 1. The quantitative estimate of drug-likeness (QED) is 0.389. The number of allylic oxidation sites excluding steroid dienone is 1. The van der Waals surface area contributed by atoms with E-state index in [1.165, 1.54) is 5.01 Å². The summed E-state index contributed by atoms with van der Waals surface area (Å²) in [6.07, 6.45) is 8.61. The molecule has 0 radical (unpaired) electrons. The van der Waals surface area contributed by atoms with Crippen molar-refractivity contribution in [3.05, 3.63) is 54.6 Å². The predicted molar refractivity (Wildman–Crippen MR) is 143 cm³/mol. The van der Waals surface area contributed by atoms with Crippen molar-refractivity contribution in [2.24, 2.45) is 5.92 Å². The van der Waals surface area contributed by atoms with E-state index in [4.69, 9.17) is 4.74 Å². The zero-order valence-corrected chi connectivity index (χ0v) is 22.4. The molecule has 4 rings (SSSR count). The molecule has 5 bridgehead atoms. The number of nitrogens with zero attached hydrogens (tertiary/aromatic N) is 3. The smallest absolute Gasteiger partial charge is 0.328 e. The zero-order chi connectivity index (χ0) is 27.4. The Hall–Kier alpha value is -3.79. The van der Waals surface area contributed by atoms with Gasteiger partial charge in [-0.05, 0) is 48.4 Å². The molecule has 2 amide bonds. The molecule has 0 unspecified atom stereocenters. The van der Waals surface area contributed by atoms with Crippen LogP contribution < -0.4 is 20.6 Å². The molecule has 2 aromatic rings. The van der Waals surface area contributed by atoms with Gasteiger partial charge in [0.25, 0.3) is 12.2 Å². The fourth-order valence-corrected chi connectivity index (χ4v) is 4.60. The van der Waals surface area contributed by atoms with Gasteiger partial charge < -0.3 is 15.4 Å². The van der Waals surface area contributed by atoms with Gasteiger partial charge in [0.2, 0.25) is 12.1 Å². The first-order chi connectivity index (χ1) is 18.1. The molecule has 10 nitrogen and oxygen atoms in total. The molecule has 3 heterocycles. The van der Waals surface area contributed by atoms with Gasteiger partial charge in [0.05, 0.1) is 5.39 Å². The maximum Gasteiger partial charge on any atom is 0.328 e. The van der Waals surface area contributed by atoms with Crippen LogP contribution in [-0.2, 0) is 19.1 Å². The Morgan fingerprint density at radius 1 is 1.18 bits per heavy atom. The molecule has 0 spiro atoms. The second-order valence-corrected chi connectivity index (χ2v) is 10.3. The van der Waals surface area contributed by atoms with Gasteiger partial charge in [0.15, 0.2) is 5.52 Å². The monoisotopic (exact) mass is 521 g/mol. The summed E-state index contributed by atoms with van der Waals surface area (Å²) in [5.41, 5.74) is 5.50. The van der Waals surface area contributed by atoms with Gasteiger partial charge in [-0.3, -0.25) is 19.4 Å². The Bertz CT molecular complexity index is 1260. The summed E-state index contributed by atoms with van der Waals surface area (Å²) in [5.74, 6) is -1.09. The lowest BCUT2D eigenvalue weighted by atomic mass is 10.0. The fraction of sp³-hybridized carbons (Fsp3) is 0.464. The standard InChI is InChI=1S/C28H36N6O4/c1-17(2)25-26(35)31-19(4)27(36)34-13-7-10-24(32-34)28(37)38-20(5)33-15-22-14-21(9-6-8-18(3)30-25)11-12-23(22)29-16-33/h6,9,11-12,14-17,19-20,24-25,30,32H,3,7-8,10,13H2,1-2,4-5H3/p+1/b9-6+/t19-,20+,24-,25-/m0/s1. The second-order valence-electron chi connectivity index (χ2n) is 10.3. The third-order valence-electron chi connectivity index (χ3n) is 6.83. The van der Waals surface area contributed by atoms with Gasteiger partial charge in [-0.25, -0.2) is 5.43 Å². The molecule has 1 saturated heterocycles. The van der Waals surface area contributed by atoms with Crippen LogP contribution in [0.5, 0.6) is 0 Å². The molecule has 1 aromatic carbocycles. The van der Waals surface area contributed by atoms with E-state index < -0.39 is 30.3 Å². The molecule has 2 aliphatic rings. The number of rotatable bonds is 1. The van der Waals surface area contributed by atoms with Crippen molar-refractivity contribution in [1.29, 1.82) is 0 Å². The van der Waals surface area contributed by atoms with Crippen LogP contribution in [0, 0.1) is 5.92 Å². The molecule has 2 aliphatic heterocycles. The number of cyclic esters (lactones) is 1. The van der Waals surface area contributed by atoms with Crippen LogP contribution in [0.3, 0.4) is 0 Å². The Labute approximate surface area is 223 Å². The minimum absolute atomic E-state index is 0.0337. The Morgan fingerprint density at radius 2 is 1.97 bits per heavy atom. The van der Waals surface area contributed by atoms with Crippen molar-refractivity contribution in [1.82, 2.24) is 26.1 Å². The fourth-order valence-electron chi connectivity index (χ4n) is 4.60. The number of amides is 2. The number of esters is 1. The molecule has 202 valence electrons. The average molecular weight is 522 g/mol. The summed E-state index contributed by atoms with van der Waals surface area (Å²) in [5, 5.41) is 8.36. The first-order valence-electron chi connectivity index (χ1n) is 13.1. The Balaban J connectivity index is 1.64. The highest BCUT2D eigenvalue weighted by Gasteiger charge is 2.34. The van der Waals surface area contributed by atoms with Crippen LogP contribution in [0.4, 0.5) is 0 Å². The Morgan fingerprint density at radius 3 is 2.74 bits per heavy atom. The number of hydrogen-bond donors (Lipinski definition) is 3. The van der Waals surface area contributed by atoms with Crippen molar-refractivity contribution in [3.8, 4) is 0 Å². The summed E-state index contributed by atoms with van der Waals surface area (Å²) in [4.78, 5) is 43.7. The van der Waals surface area contributed by atoms with Crippen LogP contribution in [0.2, 0.25) is 0 Å². The molecule has 0 aliphatic carbocycles. The summed E-state index contributed by atoms with van der Waals surface area (Å²) in [6.45, 7) is 11.8. The molecule has 4 atom stereocenters. The van der Waals surface area contributed by atoms with E-state index in [-0.39, 0.29) is 17.7 Å². The minimum Gasteiger partial charge on any atom is -0.421 e. The SMILES string of the molecule is C=C1C/C=C/c2ccc3nc[n+](cc3c2)[C@@H](C)OC(=O)[C@@H]2CCCN(N2)C(=O)[C@H](C)NC(=O)[C@H](C(C)C)N1. The first-order valence-corrected chi connectivity index (χ1v) is 13.1. The van der Waals surface area contributed by atoms with E-state index >= 15 is 0 Å². The lowest BCUT2D eigenvalue weighted by molar-refractivity contribution is -0.754. The van der Waals surface area contributed by atoms with Crippen molar-refractivity contribution >= 4 is 34.8 Å². The highest BCUT2D eigenvalue weighted by molar-refractivity contribution is 5.90. The number of carbonyl (C=O) groups is 3. The van der Waals surface area contributed by atoms with Crippen molar-refractivity contribution in [3.63, 3.8) is 0 Å². The van der Waals surface area contributed by atoms with E-state index in [0.29, 0.717) is 31.5 Å². The lowest BCUT2D eigenvalue weighted by Crippen LogP contribution is -2.61. The number of hydrogen-bond acceptors (Lipinski definition) is 7. The predicted octanol–water partition coefficient (Wildman–Crippen LogP) is 2.13. The normalized spacial score (nSPS) is 26.6. The number of hydrazine groups is 1. The van der Waals surface area contributed by atoms with Gasteiger partial charge in [0.1, 0.15) is 24.3 Å². The lowest BCUT2D eigenvalue weighted by Gasteiger charge is -2.35. The number of carbonyl (C=O) groups excluding carboxylic acids is 3. The van der Waals surface area contributed by atoms with Crippen LogP contribution in [-0.4, -0.2) is 52.4 Å². The van der Waals surface area contributed by atoms with Gasteiger partial charge in [-0.2, -0.15) is 4.57 Å². The van der Waals surface area contributed by atoms with E-state index in [9.17, 15) is 14.4 Å². The second kappa shape index (κ2) is 11.7. The van der Waals surface area contributed by atoms with Crippen LogP contribution in [0.1, 0.15) is 58.7 Å². The van der Waals surface area contributed by atoms with Crippen molar-refractivity contribution in [2.75, 3.05) is 6.54 Å². The molecular formula is C28H37N6O4+. The summed E-state index contributed by atoms with van der Waals surface area (Å²) in [6, 6.07) is 3.92. The van der Waals surface area contributed by atoms with Crippen molar-refractivity contribution in [2.45, 2.75) is 71.3 Å². The number of aromatic nitrogens is 2. The molecule has 38 heavy (non-hydrogen) atoms. The summed E-state index contributed by atoms with van der Waals surface area (Å²) < 4.78 is 7.48. The van der Waals surface area contributed by atoms with Gasteiger partial charge >= 0.3 is 5.97 Å². The highest BCUT2D eigenvalue weighted by atomic mass is 16.6. The number of nitrogens with one attached hydrogen (secondary N) is 3. The van der Waals surface area contributed by atoms with E-state index in [2.05, 4.69) is 27.6 Å². The average Bonchev–Trinajstić information content (AvgIpc) is 2.90. The largest absolute Gasteiger partial charge is 0.421 e.